The van der Waals surface area contributed by atoms with Gasteiger partial charge in [0.05, 0.1) is 11.3 Å². The van der Waals surface area contributed by atoms with E-state index in [0.717, 1.165) is 0 Å². The van der Waals surface area contributed by atoms with Crippen LogP contribution in [0.15, 0.2) is 12.5 Å². The molecule has 2 aromatic heterocycles. The summed E-state index contributed by atoms with van der Waals surface area (Å²) < 4.78 is 0. The summed E-state index contributed by atoms with van der Waals surface area (Å²) in [5, 5.41) is 9.97. The van der Waals surface area contributed by atoms with Crippen molar-refractivity contribution in [2.75, 3.05) is 0 Å². The van der Waals surface area contributed by atoms with Gasteiger partial charge in [-0.1, -0.05) is 18.5 Å². The third-order valence-corrected chi connectivity index (χ3v) is 2.82. The molecule has 6 heteroatoms. The maximum absolute atomic E-state index is 11.1. The Morgan fingerprint density at radius 1 is 1.62 bits per heavy atom. The van der Waals surface area contributed by atoms with Crippen LogP contribution in [0.1, 0.15) is 24.8 Å². The number of carboxylic acid groups (broad SMARTS) is 1. The van der Waals surface area contributed by atoms with Crippen molar-refractivity contribution >= 4 is 28.6 Å². The van der Waals surface area contributed by atoms with Gasteiger partial charge in [0.25, 0.3) is 0 Å². The Morgan fingerprint density at radius 3 is 3.00 bits per heavy atom. The Bertz CT molecular complexity index is 538. The number of carbonyl (C=O) groups is 1. The zero-order valence-electron chi connectivity index (χ0n) is 8.57. The molecule has 84 valence electrons. The molecule has 0 aliphatic heterocycles. The lowest BCUT2D eigenvalue weighted by Gasteiger charge is -2.08. The van der Waals surface area contributed by atoms with Gasteiger partial charge in [0, 0.05) is 6.20 Å². The van der Waals surface area contributed by atoms with Crippen LogP contribution in [-0.4, -0.2) is 26.0 Å². The Hall–Kier alpha value is -1.62. The van der Waals surface area contributed by atoms with E-state index >= 15 is 0 Å². The summed E-state index contributed by atoms with van der Waals surface area (Å²) >= 11 is 5.95. The van der Waals surface area contributed by atoms with Crippen LogP contribution in [0, 0.1) is 0 Å². The number of aromatic amines is 1. The van der Waals surface area contributed by atoms with Crippen molar-refractivity contribution in [1.82, 2.24) is 15.0 Å². The fraction of sp³-hybridized carbons (Fsp3) is 0.300. The molecule has 0 bridgehead atoms. The second-order valence-corrected chi connectivity index (χ2v) is 3.79. The molecular formula is C10H10ClN3O2. The van der Waals surface area contributed by atoms with Gasteiger partial charge in [-0.3, -0.25) is 4.79 Å². The fourth-order valence-corrected chi connectivity index (χ4v) is 1.99. The first-order chi connectivity index (χ1) is 7.65. The molecule has 1 atom stereocenters. The summed E-state index contributed by atoms with van der Waals surface area (Å²) in [6, 6.07) is 0. The SMILES string of the molecule is CCC(C(=O)O)c1c[nH]c2ncnc(Cl)c12. The number of nitrogens with zero attached hydrogens (tertiary/aromatic N) is 2. The molecule has 0 aliphatic carbocycles. The van der Waals surface area contributed by atoms with Gasteiger partial charge >= 0.3 is 5.97 Å². The summed E-state index contributed by atoms with van der Waals surface area (Å²) in [7, 11) is 0. The number of aromatic nitrogens is 3. The fourth-order valence-electron chi connectivity index (χ4n) is 1.75. The van der Waals surface area contributed by atoms with Crippen LogP contribution >= 0.6 is 11.6 Å². The van der Waals surface area contributed by atoms with Crippen LogP contribution in [-0.2, 0) is 4.79 Å². The van der Waals surface area contributed by atoms with E-state index in [1.165, 1.54) is 6.33 Å². The Labute approximate surface area is 96.5 Å². The van der Waals surface area contributed by atoms with Gasteiger partial charge in [-0.25, -0.2) is 9.97 Å². The van der Waals surface area contributed by atoms with Crippen LogP contribution < -0.4 is 0 Å². The zero-order valence-corrected chi connectivity index (χ0v) is 9.32. The lowest BCUT2D eigenvalue weighted by molar-refractivity contribution is -0.138. The van der Waals surface area contributed by atoms with Crippen LogP contribution in [0.25, 0.3) is 11.0 Å². The molecule has 0 aromatic carbocycles. The monoisotopic (exact) mass is 239 g/mol. The number of hydrogen-bond acceptors (Lipinski definition) is 3. The van der Waals surface area contributed by atoms with E-state index < -0.39 is 11.9 Å². The van der Waals surface area contributed by atoms with E-state index in [4.69, 9.17) is 16.7 Å². The molecule has 2 N–H and O–H groups in total. The largest absolute Gasteiger partial charge is 0.481 e. The summed E-state index contributed by atoms with van der Waals surface area (Å²) in [4.78, 5) is 21.8. The van der Waals surface area contributed by atoms with Crippen molar-refractivity contribution in [3.05, 3.63) is 23.2 Å². The van der Waals surface area contributed by atoms with Crippen molar-refractivity contribution in [2.45, 2.75) is 19.3 Å². The molecular weight excluding hydrogens is 230 g/mol. The highest BCUT2D eigenvalue weighted by Crippen LogP contribution is 2.30. The van der Waals surface area contributed by atoms with E-state index in [0.29, 0.717) is 23.0 Å². The van der Waals surface area contributed by atoms with Crippen molar-refractivity contribution in [2.24, 2.45) is 0 Å². The molecule has 0 aliphatic rings. The van der Waals surface area contributed by atoms with Gasteiger partial charge in [-0.15, -0.1) is 0 Å². The highest BCUT2D eigenvalue weighted by Gasteiger charge is 2.23. The minimum absolute atomic E-state index is 0.279. The minimum Gasteiger partial charge on any atom is -0.481 e. The van der Waals surface area contributed by atoms with Gasteiger partial charge < -0.3 is 10.1 Å². The van der Waals surface area contributed by atoms with Gasteiger partial charge in [0.15, 0.2) is 0 Å². The van der Waals surface area contributed by atoms with Crippen LogP contribution in [0.2, 0.25) is 5.15 Å². The third kappa shape index (κ3) is 1.63. The molecule has 0 saturated carbocycles. The molecule has 0 saturated heterocycles. The first-order valence-electron chi connectivity index (χ1n) is 4.85. The molecule has 16 heavy (non-hydrogen) atoms. The first-order valence-corrected chi connectivity index (χ1v) is 5.23. The molecule has 0 spiro atoms. The summed E-state index contributed by atoms with van der Waals surface area (Å²) in [6.07, 6.45) is 3.47. The smallest absolute Gasteiger partial charge is 0.311 e. The maximum atomic E-state index is 11.1. The second kappa shape index (κ2) is 4.09. The number of fused-ring (bicyclic) bond motifs is 1. The van der Waals surface area contributed by atoms with E-state index in [1.54, 1.807) is 6.20 Å². The Kier molecular flexibility index (Phi) is 2.78. The van der Waals surface area contributed by atoms with Crippen LogP contribution in [0.4, 0.5) is 0 Å². The lowest BCUT2D eigenvalue weighted by Crippen LogP contribution is -2.10. The van der Waals surface area contributed by atoms with E-state index in [1.807, 2.05) is 6.92 Å². The average Bonchev–Trinajstić information content (AvgIpc) is 2.64. The van der Waals surface area contributed by atoms with Crippen LogP contribution in [0.5, 0.6) is 0 Å². The summed E-state index contributed by atoms with van der Waals surface area (Å²) in [5.74, 6) is -1.46. The second-order valence-electron chi connectivity index (χ2n) is 3.43. The highest BCUT2D eigenvalue weighted by atomic mass is 35.5. The molecule has 2 rings (SSSR count). The topological polar surface area (TPSA) is 78.9 Å². The highest BCUT2D eigenvalue weighted by molar-refractivity contribution is 6.34. The van der Waals surface area contributed by atoms with Crippen molar-refractivity contribution < 1.29 is 9.90 Å². The van der Waals surface area contributed by atoms with E-state index in [2.05, 4.69) is 15.0 Å². The Balaban J connectivity index is 2.65. The third-order valence-electron chi connectivity index (χ3n) is 2.54. The zero-order chi connectivity index (χ0) is 11.7. The van der Waals surface area contributed by atoms with Crippen molar-refractivity contribution in [3.8, 4) is 0 Å². The van der Waals surface area contributed by atoms with Gasteiger partial charge in [0.1, 0.15) is 17.1 Å². The first kappa shape index (κ1) is 10.9. The Morgan fingerprint density at radius 2 is 2.38 bits per heavy atom. The lowest BCUT2D eigenvalue weighted by atomic mass is 9.97. The summed E-state index contributed by atoms with van der Waals surface area (Å²) in [5.41, 5.74) is 1.20. The molecule has 1 unspecified atom stereocenters. The number of nitrogens with one attached hydrogen (secondary N) is 1. The predicted octanol–water partition coefficient (Wildman–Crippen LogP) is 2.19. The van der Waals surface area contributed by atoms with Crippen LogP contribution in [0.3, 0.4) is 0 Å². The van der Waals surface area contributed by atoms with Crippen molar-refractivity contribution in [3.63, 3.8) is 0 Å². The molecule has 0 radical (unpaired) electrons. The van der Waals surface area contributed by atoms with Gasteiger partial charge in [0.2, 0.25) is 0 Å². The maximum Gasteiger partial charge on any atom is 0.311 e. The van der Waals surface area contributed by atoms with Gasteiger partial charge in [-0.05, 0) is 12.0 Å². The molecule has 0 amide bonds. The standard InChI is InChI=1S/C10H10ClN3O2/c1-2-5(10(15)16)6-3-12-9-7(6)8(11)13-4-14-9/h3-5H,2H2,1H3,(H,15,16)(H,12,13,14). The van der Waals surface area contributed by atoms with E-state index in [9.17, 15) is 4.79 Å². The molecule has 5 nitrogen and oxygen atoms in total. The molecule has 2 aromatic rings. The number of halogens is 1. The van der Waals surface area contributed by atoms with Gasteiger partial charge in [-0.2, -0.15) is 0 Å². The minimum atomic E-state index is -0.872. The quantitative estimate of drug-likeness (QED) is 0.805. The number of H-pyrrole nitrogens is 1. The molecule has 0 fully saturated rings. The van der Waals surface area contributed by atoms with E-state index in [-0.39, 0.29) is 5.15 Å². The number of hydrogen-bond donors (Lipinski definition) is 2. The number of aliphatic carboxylic acids is 1. The average molecular weight is 240 g/mol. The number of carboxylic acids is 1. The normalized spacial score (nSPS) is 12.9. The summed E-state index contributed by atoms with van der Waals surface area (Å²) in [6.45, 7) is 1.81. The predicted molar refractivity (Wildman–Crippen MR) is 59.6 cm³/mol. The number of rotatable bonds is 3. The van der Waals surface area contributed by atoms with Crippen molar-refractivity contribution in [1.29, 1.82) is 0 Å². The molecule has 2 heterocycles.